The number of hydrogen-bond acceptors (Lipinski definition) is 5. The molecule has 6 nitrogen and oxygen atoms in total. The lowest BCUT2D eigenvalue weighted by Crippen LogP contribution is -2.24. The SMILES string of the molecule is CCc1oc2ccccc2c1/C=N\NC(=O)COc1ccc(OC)cc1. The largest absolute Gasteiger partial charge is 0.497 e. The van der Waals surface area contributed by atoms with Gasteiger partial charge in [0.1, 0.15) is 22.8 Å². The molecule has 2 aromatic carbocycles. The average Bonchev–Trinajstić information content (AvgIpc) is 3.04. The number of hydrogen-bond donors (Lipinski definition) is 1. The van der Waals surface area contributed by atoms with Gasteiger partial charge in [-0.25, -0.2) is 5.43 Å². The van der Waals surface area contributed by atoms with Gasteiger partial charge in [0.15, 0.2) is 6.61 Å². The molecule has 0 saturated carbocycles. The molecule has 0 aliphatic heterocycles. The monoisotopic (exact) mass is 352 g/mol. The van der Waals surface area contributed by atoms with Crippen molar-refractivity contribution >= 4 is 23.1 Å². The Balaban J connectivity index is 1.59. The molecule has 0 bridgehead atoms. The van der Waals surface area contributed by atoms with Gasteiger partial charge in [0.05, 0.1) is 13.3 Å². The van der Waals surface area contributed by atoms with E-state index in [4.69, 9.17) is 13.9 Å². The highest BCUT2D eigenvalue weighted by atomic mass is 16.5. The predicted molar refractivity (Wildman–Crippen MR) is 99.8 cm³/mol. The number of benzene rings is 2. The second kappa shape index (κ2) is 8.20. The summed E-state index contributed by atoms with van der Waals surface area (Å²) in [5.74, 6) is 1.80. The third-order valence-electron chi connectivity index (χ3n) is 3.84. The fraction of sp³-hybridized carbons (Fsp3) is 0.200. The maximum absolute atomic E-state index is 11.9. The molecule has 1 heterocycles. The van der Waals surface area contributed by atoms with Crippen LogP contribution in [0.3, 0.4) is 0 Å². The second-order valence-corrected chi connectivity index (χ2v) is 5.55. The van der Waals surface area contributed by atoms with Gasteiger partial charge in [-0.2, -0.15) is 5.10 Å². The summed E-state index contributed by atoms with van der Waals surface area (Å²) in [4.78, 5) is 11.9. The van der Waals surface area contributed by atoms with Crippen molar-refractivity contribution in [3.05, 3.63) is 59.9 Å². The first-order valence-corrected chi connectivity index (χ1v) is 8.30. The molecule has 0 atom stereocenters. The minimum atomic E-state index is -0.345. The molecule has 0 unspecified atom stereocenters. The number of methoxy groups -OCH3 is 1. The molecular weight excluding hydrogens is 332 g/mol. The standard InChI is InChI=1S/C20H20N2O4/c1-3-18-17(16-6-4-5-7-19(16)26-18)12-21-22-20(23)13-25-15-10-8-14(24-2)9-11-15/h4-12H,3,13H2,1-2H3,(H,22,23)/b21-12-. The second-order valence-electron chi connectivity index (χ2n) is 5.55. The van der Waals surface area contributed by atoms with Crippen molar-refractivity contribution in [2.75, 3.05) is 13.7 Å². The predicted octanol–water partition coefficient (Wildman–Crippen LogP) is 3.53. The van der Waals surface area contributed by atoms with E-state index < -0.39 is 0 Å². The lowest BCUT2D eigenvalue weighted by Gasteiger charge is -2.05. The van der Waals surface area contributed by atoms with Gasteiger partial charge >= 0.3 is 0 Å². The number of ether oxygens (including phenoxy) is 2. The fourth-order valence-corrected chi connectivity index (χ4v) is 2.54. The van der Waals surface area contributed by atoms with Gasteiger partial charge in [0.2, 0.25) is 0 Å². The fourth-order valence-electron chi connectivity index (χ4n) is 2.54. The third-order valence-corrected chi connectivity index (χ3v) is 3.84. The summed E-state index contributed by atoms with van der Waals surface area (Å²) in [6.07, 6.45) is 2.35. The van der Waals surface area contributed by atoms with Gasteiger partial charge in [-0.15, -0.1) is 0 Å². The number of rotatable bonds is 7. The number of carbonyl (C=O) groups is 1. The first kappa shape index (κ1) is 17.5. The molecule has 3 rings (SSSR count). The molecule has 1 aromatic heterocycles. The molecule has 0 aliphatic carbocycles. The zero-order valence-electron chi connectivity index (χ0n) is 14.7. The van der Waals surface area contributed by atoms with Crippen molar-refractivity contribution in [3.8, 4) is 11.5 Å². The number of nitrogens with zero attached hydrogens (tertiary/aromatic N) is 1. The molecule has 134 valence electrons. The number of furan rings is 1. The highest BCUT2D eigenvalue weighted by Gasteiger charge is 2.10. The Morgan fingerprint density at radius 3 is 2.62 bits per heavy atom. The zero-order chi connectivity index (χ0) is 18.4. The lowest BCUT2D eigenvalue weighted by molar-refractivity contribution is -0.123. The lowest BCUT2D eigenvalue weighted by atomic mass is 10.1. The molecule has 6 heteroatoms. The maximum atomic E-state index is 11.9. The van der Waals surface area contributed by atoms with E-state index in [-0.39, 0.29) is 12.5 Å². The van der Waals surface area contributed by atoms with Crippen LogP contribution in [0.15, 0.2) is 58.0 Å². The molecular formula is C20H20N2O4. The minimum Gasteiger partial charge on any atom is -0.497 e. The van der Waals surface area contributed by atoms with Crippen molar-refractivity contribution in [2.24, 2.45) is 5.10 Å². The molecule has 0 saturated heterocycles. The van der Waals surface area contributed by atoms with E-state index in [0.29, 0.717) is 5.75 Å². The van der Waals surface area contributed by atoms with Crippen LogP contribution in [0.2, 0.25) is 0 Å². The molecule has 1 N–H and O–H groups in total. The number of nitrogens with one attached hydrogen (secondary N) is 1. The van der Waals surface area contributed by atoms with Crippen LogP contribution < -0.4 is 14.9 Å². The Hall–Kier alpha value is -3.28. The van der Waals surface area contributed by atoms with Crippen LogP contribution in [0.25, 0.3) is 11.0 Å². The molecule has 0 fully saturated rings. The Morgan fingerprint density at radius 1 is 1.15 bits per heavy atom. The Kier molecular flexibility index (Phi) is 5.53. The van der Waals surface area contributed by atoms with Gasteiger partial charge in [-0.3, -0.25) is 4.79 Å². The Morgan fingerprint density at radius 2 is 1.88 bits per heavy atom. The molecule has 26 heavy (non-hydrogen) atoms. The summed E-state index contributed by atoms with van der Waals surface area (Å²) in [5, 5.41) is 5.00. The van der Waals surface area contributed by atoms with Crippen molar-refractivity contribution in [2.45, 2.75) is 13.3 Å². The van der Waals surface area contributed by atoms with Crippen LogP contribution >= 0.6 is 0 Å². The number of carbonyl (C=O) groups excluding carboxylic acids is 1. The molecule has 0 radical (unpaired) electrons. The number of amides is 1. The van der Waals surface area contributed by atoms with Gasteiger partial charge in [-0.05, 0) is 30.3 Å². The van der Waals surface area contributed by atoms with E-state index in [2.05, 4.69) is 10.5 Å². The van der Waals surface area contributed by atoms with E-state index in [1.54, 1.807) is 37.6 Å². The molecule has 0 aliphatic rings. The smallest absolute Gasteiger partial charge is 0.277 e. The first-order valence-electron chi connectivity index (χ1n) is 8.30. The van der Waals surface area contributed by atoms with Crippen molar-refractivity contribution < 1.29 is 18.7 Å². The van der Waals surface area contributed by atoms with E-state index in [1.165, 1.54) is 0 Å². The van der Waals surface area contributed by atoms with Crippen molar-refractivity contribution in [3.63, 3.8) is 0 Å². The van der Waals surface area contributed by atoms with Gasteiger partial charge in [-0.1, -0.05) is 25.1 Å². The molecule has 0 spiro atoms. The topological polar surface area (TPSA) is 73.1 Å². The summed E-state index contributed by atoms with van der Waals surface area (Å²) in [7, 11) is 1.59. The summed E-state index contributed by atoms with van der Waals surface area (Å²) in [6.45, 7) is 1.88. The van der Waals surface area contributed by atoms with Gasteiger partial charge in [0, 0.05) is 17.4 Å². The maximum Gasteiger partial charge on any atom is 0.277 e. The third kappa shape index (κ3) is 4.03. The normalized spacial score (nSPS) is 11.0. The zero-order valence-corrected chi connectivity index (χ0v) is 14.7. The number of aryl methyl sites for hydroxylation is 1. The summed E-state index contributed by atoms with van der Waals surface area (Å²) in [6, 6.07) is 14.7. The van der Waals surface area contributed by atoms with Gasteiger partial charge < -0.3 is 13.9 Å². The van der Waals surface area contributed by atoms with Crippen LogP contribution in [0.5, 0.6) is 11.5 Å². The number of fused-ring (bicyclic) bond motifs is 1. The minimum absolute atomic E-state index is 0.129. The van der Waals surface area contributed by atoms with Crippen LogP contribution in [-0.2, 0) is 11.2 Å². The van der Waals surface area contributed by atoms with Crippen molar-refractivity contribution in [1.82, 2.24) is 5.43 Å². The molecule has 3 aromatic rings. The number of para-hydroxylation sites is 1. The quantitative estimate of drug-likeness (QED) is 0.521. The molecule has 1 amide bonds. The summed E-state index contributed by atoms with van der Waals surface area (Å²) in [5.41, 5.74) is 4.15. The summed E-state index contributed by atoms with van der Waals surface area (Å²) >= 11 is 0. The first-order chi connectivity index (χ1) is 12.7. The van der Waals surface area contributed by atoms with Crippen LogP contribution in [-0.4, -0.2) is 25.8 Å². The highest BCUT2D eigenvalue weighted by molar-refractivity contribution is 5.99. The Bertz CT molecular complexity index is 913. The average molecular weight is 352 g/mol. The number of hydrazone groups is 1. The van der Waals surface area contributed by atoms with E-state index in [0.717, 1.165) is 34.5 Å². The highest BCUT2D eigenvalue weighted by Crippen LogP contribution is 2.24. The van der Waals surface area contributed by atoms with E-state index in [9.17, 15) is 4.79 Å². The van der Waals surface area contributed by atoms with E-state index in [1.807, 2.05) is 31.2 Å². The van der Waals surface area contributed by atoms with Crippen LogP contribution in [0.1, 0.15) is 18.2 Å². The van der Waals surface area contributed by atoms with Crippen molar-refractivity contribution in [1.29, 1.82) is 0 Å². The van der Waals surface area contributed by atoms with Crippen LogP contribution in [0, 0.1) is 0 Å². The van der Waals surface area contributed by atoms with Gasteiger partial charge in [0.25, 0.3) is 5.91 Å². The Labute approximate surface area is 151 Å². The summed E-state index contributed by atoms with van der Waals surface area (Å²) < 4.78 is 16.3. The van der Waals surface area contributed by atoms with Crippen LogP contribution in [0.4, 0.5) is 0 Å². The van der Waals surface area contributed by atoms with E-state index >= 15 is 0 Å².